The highest BCUT2D eigenvalue weighted by Crippen LogP contribution is 2.29. The number of carbonyl (C=O) groups is 1. The summed E-state index contributed by atoms with van der Waals surface area (Å²) in [5.41, 5.74) is 2.84. The van der Waals surface area contributed by atoms with Crippen LogP contribution in [-0.2, 0) is 11.2 Å². The molecule has 0 aliphatic carbocycles. The van der Waals surface area contributed by atoms with Crippen molar-refractivity contribution in [2.24, 2.45) is 0 Å². The zero-order valence-electron chi connectivity index (χ0n) is 10.9. The lowest BCUT2D eigenvalue weighted by Crippen LogP contribution is -2.18. The van der Waals surface area contributed by atoms with Crippen LogP contribution in [0.15, 0.2) is 34.8 Å². The summed E-state index contributed by atoms with van der Waals surface area (Å²) in [7, 11) is 0. The van der Waals surface area contributed by atoms with Gasteiger partial charge in [-0.15, -0.1) is 0 Å². The fourth-order valence-electron chi connectivity index (χ4n) is 2.12. The monoisotopic (exact) mass is 332 g/mol. The predicted octanol–water partition coefficient (Wildman–Crippen LogP) is 3.83. The zero-order chi connectivity index (χ0) is 14.1. The molecule has 1 aromatic heterocycles. The Bertz CT molecular complexity index is 686. The van der Waals surface area contributed by atoms with Crippen molar-refractivity contribution in [3.8, 4) is 11.6 Å². The van der Waals surface area contributed by atoms with Gasteiger partial charge in [-0.1, -0.05) is 0 Å². The maximum Gasteiger partial charge on any atom is 0.224 e. The van der Waals surface area contributed by atoms with Gasteiger partial charge in [0.05, 0.1) is 5.69 Å². The second kappa shape index (κ2) is 5.25. The van der Waals surface area contributed by atoms with Crippen molar-refractivity contribution < 1.29 is 9.53 Å². The topological polar surface area (TPSA) is 51.2 Å². The van der Waals surface area contributed by atoms with E-state index in [0.29, 0.717) is 12.3 Å². The average molecular weight is 333 g/mol. The average Bonchev–Trinajstić information content (AvgIpc) is 2.43. The molecule has 102 valence electrons. The number of ether oxygens (including phenoxy) is 1. The first-order valence-corrected chi connectivity index (χ1v) is 7.15. The second-order valence-electron chi connectivity index (χ2n) is 4.69. The lowest BCUT2D eigenvalue weighted by Gasteiger charge is -2.17. The maximum absolute atomic E-state index is 11.3. The molecule has 0 spiro atoms. The van der Waals surface area contributed by atoms with Crippen LogP contribution in [0, 0.1) is 6.92 Å². The van der Waals surface area contributed by atoms with Crippen LogP contribution >= 0.6 is 15.9 Å². The number of amides is 1. The summed E-state index contributed by atoms with van der Waals surface area (Å²) >= 11 is 3.41. The van der Waals surface area contributed by atoms with E-state index in [2.05, 4.69) is 26.2 Å². The van der Waals surface area contributed by atoms with Crippen molar-refractivity contribution in [1.29, 1.82) is 0 Å². The van der Waals surface area contributed by atoms with Gasteiger partial charge in [0.2, 0.25) is 11.8 Å². The van der Waals surface area contributed by atoms with E-state index in [1.54, 1.807) is 0 Å². The SMILES string of the molecule is Cc1nc(Oc2ccc3c(c2)CCC(=O)N3)ccc1Br. The Labute approximate surface area is 125 Å². The van der Waals surface area contributed by atoms with Crippen LogP contribution in [0.25, 0.3) is 0 Å². The smallest absolute Gasteiger partial charge is 0.224 e. The zero-order valence-corrected chi connectivity index (χ0v) is 12.5. The molecule has 1 N–H and O–H groups in total. The molecule has 2 aromatic rings. The summed E-state index contributed by atoms with van der Waals surface area (Å²) in [5, 5.41) is 2.85. The quantitative estimate of drug-likeness (QED) is 0.909. The molecule has 1 aliphatic heterocycles. The molecule has 0 saturated carbocycles. The molecular formula is C15H13BrN2O2. The number of pyridine rings is 1. The number of hydrogen-bond acceptors (Lipinski definition) is 3. The van der Waals surface area contributed by atoms with Crippen LogP contribution in [0.4, 0.5) is 5.69 Å². The van der Waals surface area contributed by atoms with Crippen LogP contribution in [0.3, 0.4) is 0 Å². The number of anilines is 1. The number of aryl methyl sites for hydroxylation is 2. The largest absolute Gasteiger partial charge is 0.439 e. The summed E-state index contributed by atoms with van der Waals surface area (Å²) in [6.07, 6.45) is 1.26. The second-order valence-corrected chi connectivity index (χ2v) is 5.54. The molecule has 1 aliphatic rings. The highest BCUT2D eigenvalue weighted by molar-refractivity contribution is 9.10. The van der Waals surface area contributed by atoms with Gasteiger partial charge in [-0.2, -0.15) is 0 Å². The first-order chi connectivity index (χ1) is 9.61. The Morgan fingerprint density at radius 1 is 1.25 bits per heavy atom. The van der Waals surface area contributed by atoms with Crippen molar-refractivity contribution in [1.82, 2.24) is 4.98 Å². The molecule has 0 saturated heterocycles. The summed E-state index contributed by atoms with van der Waals surface area (Å²) in [6.45, 7) is 1.92. The van der Waals surface area contributed by atoms with E-state index >= 15 is 0 Å². The fraction of sp³-hybridized carbons (Fsp3) is 0.200. The molecular weight excluding hydrogens is 320 g/mol. The minimum absolute atomic E-state index is 0.0661. The lowest BCUT2D eigenvalue weighted by atomic mass is 10.0. The molecule has 0 unspecified atom stereocenters. The molecule has 0 fully saturated rings. The number of hydrogen-bond donors (Lipinski definition) is 1. The Kier molecular flexibility index (Phi) is 3.44. The molecule has 0 radical (unpaired) electrons. The Morgan fingerprint density at radius 2 is 2.10 bits per heavy atom. The molecule has 1 aromatic carbocycles. The standard InChI is InChI=1S/C15H13BrN2O2/c1-9-12(16)4-7-15(17-9)20-11-3-5-13-10(8-11)2-6-14(19)18-13/h3-5,7-8H,2,6H2,1H3,(H,18,19). The van der Waals surface area contributed by atoms with Gasteiger partial charge >= 0.3 is 0 Å². The van der Waals surface area contributed by atoms with Crippen LogP contribution in [0.5, 0.6) is 11.6 Å². The lowest BCUT2D eigenvalue weighted by molar-refractivity contribution is -0.116. The molecule has 0 atom stereocenters. The number of rotatable bonds is 2. The van der Waals surface area contributed by atoms with E-state index in [4.69, 9.17) is 4.74 Å². The summed E-state index contributed by atoms with van der Waals surface area (Å²) < 4.78 is 6.72. The minimum atomic E-state index is 0.0661. The van der Waals surface area contributed by atoms with Gasteiger partial charge in [-0.3, -0.25) is 4.79 Å². The molecule has 4 nitrogen and oxygen atoms in total. The number of nitrogens with zero attached hydrogens (tertiary/aromatic N) is 1. The normalized spacial score (nSPS) is 13.6. The van der Waals surface area contributed by atoms with E-state index in [1.165, 1.54) is 0 Å². The van der Waals surface area contributed by atoms with E-state index in [-0.39, 0.29) is 5.91 Å². The fourth-order valence-corrected chi connectivity index (χ4v) is 2.34. The third-order valence-corrected chi connectivity index (χ3v) is 4.03. The van der Waals surface area contributed by atoms with Crippen LogP contribution < -0.4 is 10.1 Å². The number of aromatic nitrogens is 1. The van der Waals surface area contributed by atoms with Crippen molar-refractivity contribution in [2.75, 3.05) is 5.32 Å². The third kappa shape index (κ3) is 2.67. The first kappa shape index (κ1) is 13.1. The Balaban J connectivity index is 1.84. The highest BCUT2D eigenvalue weighted by atomic mass is 79.9. The number of nitrogens with one attached hydrogen (secondary N) is 1. The van der Waals surface area contributed by atoms with E-state index < -0.39 is 0 Å². The molecule has 2 heterocycles. The van der Waals surface area contributed by atoms with E-state index in [0.717, 1.165) is 33.6 Å². The molecule has 0 bridgehead atoms. The maximum atomic E-state index is 11.3. The van der Waals surface area contributed by atoms with Crippen molar-refractivity contribution in [3.63, 3.8) is 0 Å². The van der Waals surface area contributed by atoms with Gasteiger partial charge in [0, 0.05) is 22.6 Å². The van der Waals surface area contributed by atoms with Gasteiger partial charge in [0.25, 0.3) is 0 Å². The van der Waals surface area contributed by atoms with Gasteiger partial charge in [0.1, 0.15) is 5.75 Å². The van der Waals surface area contributed by atoms with E-state index in [9.17, 15) is 4.79 Å². The highest BCUT2D eigenvalue weighted by Gasteiger charge is 2.15. The van der Waals surface area contributed by atoms with Gasteiger partial charge in [0.15, 0.2) is 0 Å². The number of halogens is 1. The molecule has 1 amide bonds. The summed E-state index contributed by atoms with van der Waals surface area (Å²) in [5.74, 6) is 1.36. The molecule has 3 rings (SSSR count). The summed E-state index contributed by atoms with van der Waals surface area (Å²) in [6, 6.07) is 9.39. The molecule has 20 heavy (non-hydrogen) atoms. The van der Waals surface area contributed by atoms with Crippen molar-refractivity contribution in [2.45, 2.75) is 19.8 Å². The van der Waals surface area contributed by atoms with Gasteiger partial charge in [-0.25, -0.2) is 4.98 Å². The van der Waals surface area contributed by atoms with Gasteiger partial charge < -0.3 is 10.1 Å². The molecule has 5 heteroatoms. The first-order valence-electron chi connectivity index (χ1n) is 6.35. The van der Waals surface area contributed by atoms with Crippen LogP contribution in [0.1, 0.15) is 17.7 Å². The number of benzene rings is 1. The summed E-state index contributed by atoms with van der Waals surface area (Å²) in [4.78, 5) is 15.7. The van der Waals surface area contributed by atoms with Crippen LogP contribution in [0.2, 0.25) is 0 Å². The van der Waals surface area contributed by atoms with Crippen molar-refractivity contribution in [3.05, 3.63) is 46.1 Å². The number of carbonyl (C=O) groups excluding carboxylic acids is 1. The number of fused-ring (bicyclic) bond motifs is 1. The predicted molar refractivity (Wildman–Crippen MR) is 80.1 cm³/mol. The Morgan fingerprint density at radius 3 is 2.90 bits per heavy atom. The minimum Gasteiger partial charge on any atom is -0.439 e. The van der Waals surface area contributed by atoms with E-state index in [1.807, 2.05) is 37.3 Å². The third-order valence-electron chi connectivity index (χ3n) is 3.19. The Hall–Kier alpha value is -1.88. The van der Waals surface area contributed by atoms with Crippen molar-refractivity contribution >= 4 is 27.5 Å². The van der Waals surface area contributed by atoms with Crippen LogP contribution in [-0.4, -0.2) is 10.9 Å². The van der Waals surface area contributed by atoms with Gasteiger partial charge in [-0.05, 0) is 59.1 Å².